The lowest BCUT2D eigenvalue weighted by molar-refractivity contribution is 0.0696. The summed E-state index contributed by atoms with van der Waals surface area (Å²) in [5.74, 6) is -1.07. The fourth-order valence-corrected chi connectivity index (χ4v) is 1.49. The summed E-state index contributed by atoms with van der Waals surface area (Å²) in [6.45, 7) is 1.64. The Morgan fingerprint density at radius 3 is 2.65 bits per heavy atom. The molecule has 5 N–H and O–H groups in total. The number of hydrogen-bond acceptors (Lipinski definition) is 4. The molecule has 0 saturated heterocycles. The summed E-state index contributed by atoms with van der Waals surface area (Å²) in [7, 11) is 0. The number of nitrogens with two attached hydrogens (primary N) is 1. The number of nitrogens with one attached hydrogen (secondary N) is 2. The smallest absolute Gasteiger partial charge is 0.404 e. The standard InChI is InChI=1S/C12H15N3O5/c1-7-8(10(16)17)3-2-4-9(7)15-12(19)14-5-6-20-11(13)18/h2-4H,5-6H2,1H3,(H2,13,18)(H,16,17)(H2,14,15,19). The molecule has 0 radical (unpaired) electrons. The Balaban J connectivity index is 2.56. The summed E-state index contributed by atoms with van der Waals surface area (Å²) in [6.07, 6.45) is -0.919. The molecule has 0 bridgehead atoms. The van der Waals surface area contributed by atoms with Crippen LogP contribution in [0.15, 0.2) is 18.2 Å². The average Bonchev–Trinajstić information content (AvgIpc) is 2.36. The number of amides is 3. The van der Waals surface area contributed by atoms with Crippen molar-refractivity contribution in [1.82, 2.24) is 5.32 Å². The number of carbonyl (C=O) groups is 3. The van der Waals surface area contributed by atoms with E-state index in [0.29, 0.717) is 11.3 Å². The summed E-state index contributed by atoms with van der Waals surface area (Å²) in [6, 6.07) is 4.02. The molecule has 0 atom stereocenters. The second-order valence-corrected chi connectivity index (χ2v) is 3.83. The Morgan fingerprint density at radius 2 is 2.05 bits per heavy atom. The van der Waals surface area contributed by atoms with E-state index in [-0.39, 0.29) is 18.7 Å². The number of benzene rings is 1. The summed E-state index contributed by atoms with van der Waals surface area (Å²) < 4.78 is 4.44. The number of aromatic carboxylic acids is 1. The van der Waals surface area contributed by atoms with E-state index < -0.39 is 18.1 Å². The number of carboxylic acid groups (broad SMARTS) is 1. The summed E-state index contributed by atoms with van der Waals surface area (Å²) in [5.41, 5.74) is 5.70. The third-order valence-electron chi connectivity index (χ3n) is 2.44. The first-order valence-electron chi connectivity index (χ1n) is 5.72. The molecule has 0 fully saturated rings. The van der Waals surface area contributed by atoms with Crippen molar-refractivity contribution in [3.63, 3.8) is 0 Å². The lowest BCUT2D eigenvalue weighted by atomic mass is 10.1. The van der Waals surface area contributed by atoms with Crippen LogP contribution >= 0.6 is 0 Å². The van der Waals surface area contributed by atoms with Crippen LogP contribution in [0.3, 0.4) is 0 Å². The molecule has 1 aromatic carbocycles. The summed E-state index contributed by atoms with van der Waals surface area (Å²) in [5, 5.41) is 13.9. The van der Waals surface area contributed by atoms with Gasteiger partial charge in [0.25, 0.3) is 0 Å². The van der Waals surface area contributed by atoms with Crippen LogP contribution in [0, 0.1) is 6.92 Å². The van der Waals surface area contributed by atoms with E-state index in [4.69, 9.17) is 10.8 Å². The van der Waals surface area contributed by atoms with Gasteiger partial charge in [0.2, 0.25) is 0 Å². The van der Waals surface area contributed by atoms with Crippen LogP contribution < -0.4 is 16.4 Å². The van der Waals surface area contributed by atoms with Gasteiger partial charge in [-0.25, -0.2) is 14.4 Å². The molecule has 20 heavy (non-hydrogen) atoms. The van der Waals surface area contributed by atoms with Gasteiger partial charge in [0.05, 0.1) is 12.1 Å². The zero-order valence-corrected chi connectivity index (χ0v) is 10.8. The minimum atomic E-state index is -1.07. The largest absolute Gasteiger partial charge is 0.478 e. The van der Waals surface area contributed by atoms with Crippen molar-refractivity contribution in [1.29, 1.82) is 0 Å². The summed E-state index contributed by atoms with van der Waals surface area (Å²) in [4.78, 5) is 32.8. The van der Waals surface area contributed by atoms with Crippen molar-refractivity contribution < 1.29 is 24.2 Å². The highest BCUT2D eigenvalue weighted by atomic mass is 16.5. The highest BCUT2D eigenvalue weighted by Gasteiger charge is 2.11. The van der Waals surface area contributed by atoms with Crippen LogP contribution in [0.4, 0.5) is 15.3 Å². The maximum absolute atomic E-state index is 11.5. The molecule has 8 nitrogen and oxygen atoms in total. The maximum atomic E-state index is 11.5. The van der Waals surface area contributed by atoms with Crippen molar-refractivity contribution in [3.05, 3.63) is 29.3 Å². The number of ether oxygens (including phenoxy) is 1. The number of urea groups is 1. The molecule has 0 spiro atoms. The topological polar surface area (TPSA) is 131 Å². The minimum absolute atomic E-state index is 0.0447. The molecule has 0 aliphatic carbocycles. The Hall–Kier alpha value is -2.77. The number of rotatable bonds is 5. The molecule has 0 aliphatic heterocycles. The van der Waals surface area contributed by atoms with Gasteiger partial charge in [-0.3, -0.25) is 0 Å². The first kappa shape index (κ1) is 15.3. The van der Waals surface area contributed by atoms with Crippen LogP contribution in [0.5, 0.6) is 0 Å². The van der Waals surface area contributed by atoms with Gasteiger partial charge in [0.1, 0.15) is 6.61 Å². The molecule has 0 aliphatic rings. The molecule has 1 rings (SSSR count). The van der Waals surface area contributed by atoms with Crippen molar-refractivity contribution in [3.8, 4) is 0 Å². The zero-order valence-electron chi connectivity index (χ0n) is 10.8. The molecule has 0 unspecified atom stereocenters. The predicted octanol–water partition coefficient (Wildman–Crippen LogP) is 0.910. The minimum Gasteiger partial charge on any atom is -0.478 e. The molecule has 0 aromatic heterocycles. The fraction of sp³-hybridized carbons (Fsp3) is 0.250. The summed E-state index contributed by atoms with van der Waals surface area (Å²) >= 11 is 0. The van der Waals surface area contributed by atoms with Crippen LogP contribution in [-0.2, 0) is 4.74 Å². The van der Waals surface area contributed by atoms with Gasteiger partial charge in [-0.1, -0.05) is 6.07 Å². The van der Waals surface area contributed by atoms with Crippen molar-refractivity contribution in [2.24, 2.45) is 5.73 Å². The van der Waals surface area contributed by atoms with Crippen LogP contribution in [0.1, 0.15) is 15.9 Å². The number of carboxylic acids is 1. The molecule has 3 amide bonds. The third-order valence-corrected chi connectivity index (χ3v) is 2.44. The normalized spacial score (nSPS) is 9.65. The monoisotopic (exact) mass is 281 g/mol. The van der Waals surface area contributed by atoms with E-state index in [0.717, 1.165) is 0 Å². The first-order chi connectivity index (χ1) is 9.41. The Morgan fingerprint density at radius 1 is 1.35 bits per heavy atom. The average molecular weight is 281 g/mol. The van der Waals surface area contributed by atoms with Crippen LogP contribution in [0.25, 0.3) is 0 Å². The SMILES string of the molecule is Cc1c(NC(=O)NCCOC(N)=O)cccc1C(=O)O. The highest BCUT2D eigenvalue weighted by molar-refractivity contribution is 5.95. The van der Waals surface area contributed by atoms with Gasteiger partial charge >= 0.3 is 18.1 Å². The molecule has 8 heteroatoms. The van der Waals surface area contributed by atoms with E-state index in [9.17, 15) is 14.4 Å². The first-order valence-corrected chi connectivity index (χ1v) is 5.72. The van der Waals surface area contributed by atoms with Gasteiger partial charge in [-0.2, -0.15) is 0 Å². The van der Waals surface area contributed by atoms with Gasteiger partial charge in [-0.15, -0.1) is 0 Å². The second-order valence-electron chi connectivity index (χ2n) is 3.83. The molecule has 1 aromatic rings. The van der Waals surface area contributed by atoms with Crippen LogP contribution in [0.2, 0.25) is 0 Å². The molecular weight excluding hydrogens is 266 g/mol. The number of primary amides is 1. The van der Waals surface area contributed by atoms with E-state index in [1.165, 1.54) is 12.1 Å². The lowest BCUT2D eigenvalue weighted by Gasteiger charge is -2.11. The lowest BCUT2D eigenvalue weighted by Crippen LogP contribution is -2.32. The maximum Gasteiger partial charge on any atom is 0.404 e. The molecule has 0 saturated carbocycles. The van der Waals surface area contributed by atoms with Gasteiger partial charge < -0.3 is 26.2 Å². The second kappa shape index (κ2) is 6.98. The van der Waals surface area contributed by atoms with Crippen molar-refractivity contribution in [2.75, 3.05) is 18.5 Å². The van der Waals surface area contributed by atoms with Gasteiger partial charge in [0.15, 0.2) is 0 Å². The van der Waals surface area contributed by atoms with E-state index in [1.807, 2.05) is 0 Å². The van der Waals surface area contributed by atoms with Crippen LogP contribution in [-0.4, -0.2) is 36.4 Å². The molecule has 108 valence electrons. The zero-order chi connectivity index (χ0) is 15.1. The highest BCUT2D eigenvalue weighted by Crippen LogP contribution is 2.18. The van der Waals surface area contributed by atoms with Crippen molar-refractivity contribution in [2.45, 2.75) is 6.92 Å². The fourth-order valence-electron chi connectivity index (χ4n) is 1.49. The van der Waals surface area contributed by atoms with Gasteiger partial charge in [0, 0.05) is 5.69 Å². The number of anilines is 1. The Bertz CT molecular complexity index is 530. The van der Waals surface area contributed by atoms with Gasteiger partial charge in [-0.05, 0) is 24.6 Å². The molecular formula is C12H15N3O5. The Labute approximate surface area is 114 Å². The quantitative estimate of drug-likeness (QED) is 0.596. The van der Waals surface area contributed by atoms with Crippen molar-refractivity contribution >= 4 is 23.8 Å². The Kier molecular flexibility index (Phi) is 5.33. The number of carbonyl (C=O) groups excluding carboxylic acids is 2. The van der Waals surface area contributed by atoms with E-state index >= 15 is 0 Å². The van der Waals surface area contributed by atoms with E-state index in [2.05, 4.69) is 15.4 Å². The van der Waals surface area contributed by atoms with E-state index in [1.54, 1.807) is 13.0 Å². The predicted molar refractivity (Wildman–Crippen MR) is 70.7 cm³/mol. The molecule has 0 heterocycles. The third kappa shape index (κ3) is 4.48. The number of hydrogen-bond donors (Lipinski definition) is 4.